The highest BCUT2D eigenvalue weighted by molar-refractivity contribution is 6.32. The Morgan fingerprint density at radius 3 is 2.50 bits per heavy atom. The van der Waals surface area contributed by atoms with Crippen molar-refractivity contribution in [2.75, 3.05) is 14.2 Å². The van der Waals surface area contributed by atoms with Gasteiger partial charge in [0.2, 0.25) is 5.90 Å². The molecular weight excluding hydrogens is 399 g/mol. The van der Waals surface area contributed by atoms with Gasteiger partial charge in [0.15, 0.2) is 0 Å². The van der Waals surface area contributed by atoms with Crippen molar-refractivity contribution >= 4 is 23.5 Å². The number of halogens is 4. The van der Waals surface area contributed by atoms with Crippen LogP contribution in [0.4, 0.5) is 18.0 Å². The Morgan fingerprint density at radius 1 is 1.25 bits per heavy atom. The van der Waals surface area contributed by atoms with Gasteiger partial charge in [-0.25, -0.2) is 4.79 Å². The highest BCUT2D eigenvalue weighted by Crippen LogP contribution is 2.36. The molecule has 0 unspecified atom stereocenters. The van der Waals surface area contributed by atoms with Gasteiger partial charge in [0.25, 0.3) is 0 Å². The van der Waals surface area contributed by atoms with E-state index in [9.17, 15) is 23.2 Å². The largest absolute Gasteiger partial charge is 0.480 e. The Hall–Kier alpha value is -3.25. The number of hydrogen-bond donors (Lipinski definition) is 1. The Balaban J connectivity index is 2.42. The number of nitrogens with one attached hydrogen (secondary N) is 1. The normalized spacial score (nSPS) is 11.5. The fourth-order valence-electron chi connectivity index (χ4n) is 2.11. The van der Waals surface area contributed by atoms with Crippen LogP contribution in [0, 0.1) is 11.3 Å². The SMILES string of the molecule is CNC(=O)N=C(OC)c1cc(Oc2ccc(C(F)(F)F)cc2Cl)ccc1C#N. The molecule has 146 valence electrons. The van der Waals surface area contributed by atoms with Crippen molar-refractivity contribution in [3.05, 3.63) is 58.1 Å². The average Bonchev–Trinajstić information content (AvgIpc) is 2.66. The number of methoxy groups -OCH3 is 1. The first-order valence-corrected chi connectivity index (χ1v) is 8.01. The molecule has 0 bridgehead atoms. The predicted molar refractivity (Wildman–Crippen MR) is 95.7 cm³/mol. The number of benzene rings is 2. The fraction of sp³-hybridized carbons (Fsp3) is 0.167. The lowest BCUT2D eigenvalue weighted by atomic mass is 10.1. The molecule has 0 aliphatic rings. The third kappa shape index (κ3) is 4.92. The van der Waals surface area contributed by atoms with E-state index in [4.69, 9.17) is 21.1 Å². The molecular formula is C18H13ClF3N3O3. The summed E-state index contributed by atoms with van der Waals surface area (Å²) in [4.78, 5) is 15.2. The number of amides is 2. The van der Waals surface area contributed by atoms with E-state index in [1.165, 1.54) is 32.4 Å². The number of aliphatic imine (C=N–C) groups is 1. The Kier molecular flexibility index (Phi) is 6.49. The molecule has 1 N–H and O–H groups in total. The maximum atomic E-state index is 12.7. The molecule has 0 aromatic heterocycles. The second-order valence-electron chi connectivity index (χ2n) is 5.24. The lowest BCUT2D eigenvalue weighted by Crippen LogP contribution is -2.17. The van der Waals surface area contributed by atoms with E-state index in [-0.39, 0.29) is 33.5 Å². The van der Waals surface area contributed by atoms with Crippen LogP contribution < -0.4 is 10.1 Å². The molecule has 0 aliphatic heterocycles. The summed E-state index contributed by atoms with van der Waals surface area (Å²) in [6.45, 7) is 0. The fourth-order valence-corrected chi connectivity index (χ4v) is 2.33. The summed E-state index contributed by atoms with van der Waals surface area (Å²) in [7, 11) is 2.64. The molecule has 6 nitrogen and oxygen atoms in total. The summed E-state index contributed by atoms with van der Waals surface area (Å²) >= 11 is 5.88. The molecule has 10 heteroatoms. The summed E-state index contributed by atoms with van der Waals surface area (Å²) in [6.07, 6.45) is -4.53. The number of hydrogen-bond acceptors (Lipinski definition) is 4. The number of ether oxygens (including phenoxy) is 2. The smallest absolute Gasteiger partial charge is 0.416 e. The minimum absolute atomic E-state index is 0.0208. The van der Waals surface area contributed by atoms with Crippen LogP contribution in [0.3, 0.4) is 0 Å². The highest BCUT2D eigenvalue weighted by Gasteiger charge is 2.31. The molecule has 0 fully saturated rings. The summed E-state index contributed by atoms with van der Waals surface area (Å²) in [5.74, 6) is -0.00953. The van der Waals surface area contributed by atoms with Crippen molar-refractivity contribution in [1.82, 2.24) is 5.32 Å². The lowest BCUT2D eigenvalue weighted by molar-refractivity contribution is -0.137. The molecule has 0 atom stereocenters. The maximum Gasteiger partial charge on any atom is 0.416 e. The standard InChI is InChI=1S/C18H13ClF3N3O3/c1-24-17(26)25-16(27-2)13-8-12(5-3-10(13)9-23)28-15-6-4-11(7-14(15)19)18(20,21)22/h3-8H,1-2H3,(H,24,26). The molecule has 0 saturated carbocycles. The third-order valence-corrected chi connectivity index (χ3v) is 3.73. The van der Waals surface area contributed by atoms with Crippen molar-refractivity contribution < 1.29 is 27.4 Å². The van der Waals surface area contributed by atoms with Gasteiger partial charge in [-0.1, -0.05) is 11.6 Å². The Labute approximate surface area is 163 Å². The summed E-state index contributed by atoms with van der Waals surface area (Å²) in [6, 6.07) is 8.06. The minimum Gasteiger partial charge on any atom is -0.480 e. The van der Waals surface area contributed by atoms with Crippen LogP contribution in [-0.2, 0) is 10.9 Å². The molecule has 0 spiro atoms. The zero-order valence-electron chi connectivity index (χ0n) is 14.6. The molecule has 28 heavy (non-hydrogen) atoms. The highest BCUT2D eigenvalue weighted by atomic mass is 35.5. The van der Waals surface area contributed by atoms with Gasteiger partial charge in [-0.2, -0.15) is 23.4 Å². The molecule has 2 aromatic carbocycles. The van der Waals surface area contributed by atoms with Gasteiger partial charge in [-0.15, -0.1) is 0 Å². The lowest BCUT2D eigenvalue weighted by Gasteiger charge is -2.13. The van der Waals surface area contributed by atoms with Gasteiger partial charge in [0.05, 0.1) is 34.9 Å². The summed E-state index contributed by atoms with van der Waals surface area (Å²) in [5.41, 5.74) is -0.603. The molecule has 2 aromatic rings. The van der Waals surface area contributed by atoms with Crippen LogP contribution in [-0.4, -0.2) is 26.1 Å². The van der Waals surface area contributed by atoms with Crippen molar-refractivity contribution in [3.63, 3.8) is 0 Å². The van der Waals surface area contributed by atoms with Crippen LogP contribution in [0.15, 0.2) is 41.4 Å². The van der Waals surface area contributed by atoms with E-state index in [1.54, 1.807) is 0 Å². The molecule has 0 aliphatic carbocycles. The zero-order chi connectivity index (χ0) is 20.9. The van der Waals surface area contributed by atoms with E-state index in [2.05, 4.69) is 10.3 Å². The number of carbonyl (C=O) groups excluding carboxylic acids is 1. The number of carbonyl (C=O) groups is 1. The van der Waals surface area contributed by atoms with Gasteiger partial charge < -0.3 is 14.8 Å². The second-order valence-corrected chi connectivity index (χ2v) is 5.65. The summed E-state index contributed by atoms with van der Waals surface area (Å²) < 4.78 is 48.8. The minimum atomic E-state index is -4.53. The van der Waals surface area contributed by atoms with Crippen molar-refractivity contribution in [3.8, 4) is 17.6 Å². The van der Waals surface area contributed by atoms with Crippen molar-refractivity contribution in [1.29, 1.82) is 5.26 Å². The predicted octanol–water partition coefficient (Wildman–Crippen LogP) is 4.76. The van der Waals surface area contributed by atoms with E-state index in [0.29, 0.717) is 0 Å². The Bertz CT molecular complexity index is 969. The van der Waals surface area contributed by atoms with Crippen LogP contribution >= 0.6 is 11.6 Å². The number of rotatable bonds is 3. The molecule has 2 amide bonds. The molecule has 0 saturated heterocycles. The van der Waals surface area contributed by atoms with Crippen molar-refractivity contribution in [2.24, 2.45) is 4.99 Å². The third-order valence-electron chi connectivity index (χ3n) is 3.44. The van der Waals surface area contributed by atoms with E-state index in [0.717, 1.165) is 18.2 Å². The van der Waals surface area contributed by atoms with Gasteiger partial charge in [-0.3, -0.25) is 0 Å². The van der Waals surface area contributed by atoms with E-state index in [1.807, 2.05) is 6.07 Å². The van der Waals surface area contributed by atoms with Gasteiger partial charge in [-0.05, 0) is 36.4 Å². The van der Waals surface area contributed by atoms with Gasteiger partial charge in [0.1, 0.15) is 11.5 Å². The van der Waals surface area contributed by atoms with Gasteiger partial charge in [0, 0.05) is 7.05 Å². The zero-order valence-corrected chi connectivity index (χ0v) is 15.4. The first kappa shape index (κ1) is 21.1. The average molecular weight is 412 g/mol. The van der Waals surface area contributed by atoms with E-state index >= 15 is 0 Å². The van der Waals surface area contributed by atoms with Crippen LogP contribution in [0.25, 0.3) is 0 Å². The van der Waals surface area contributed by atoms with Crippen LogP contribution in [0.5, 0.6) is 11.5 Å². The first-order valence-electron chi connectivity index (χ1n) is 7.63. The molecule has 2 rings (SSSR count). The number of alkyl halides is 3. The summed E-state index contributed by atoms with van der Waals surface area (Å²) in [5, 5.41) is 11.3. The Morgan fingerprint density at radius 2 is 1.96 bits per heavy atom. The topological polar surface area (TPSA) is 83.7 Å². The van der Waals surface area contributed by atoms with Gasteiger partial charge >= 0.3 is 12.2 Å². The van der Waals surface area contributed by atoms with E-state index < -0.39 is 17.8 Å². The number of urea groups is 1. The molecule has 0 heterocycles. The number of nitriles is 1. The number of nitrogens with zero attached hydrogens (tertiary/aromatic N) is 2. The van der Waals surface area contributed by atoms with Crippen molar-refractivity contribution in [2.45, 2.75) is 6.18 Å². The maximum absolute atomic E-state index is 12.7. The monoisotopic (exact) mass is 411 g/mol. The second kappa shape index (κ2) is 8.63. The first-order chi connectivity index (χ1) is 13.2. The molecule has 0 radical (unpaired) electrons. The van der Waals surface area contributed by atoms with Crippen LogP contribution in [0.1, 0.15) is 16.7 Å². The van der Waals surface area contributed by atoms with Crippen LogP contribution in [0.2, 0.25) is 5.02 Å². The quantitative estimate of drug-likeness (QED) is 0.583.